The van der Waals surface area contributed by atoms with Gasteiger partial charge in [0.15, 0.2) is 0 Å². The molecule has 0 aliphatic rings. The van der Waals surface area contributed by atoms with E-state index in [1.165, 1.54) is 15.9 Å². The average molecular weight is 522 g/mol. The van der Waals surface area contributed by atoms with E-state index in [0.717, 1.165) is 21.1 Å². The molecule has 2 nitrogen and oxygen atoms in total. The van der Waals surface area contributed by atoms with Crippen molar-refractivity contribution in [1.29, 1.82) is 0 Å². The normalized spacial score (nSPS) is 10.2. The van der Waals surface area contributed by atoms with Crippen LogP contribution in [-0.4, -0.2) is 9.97 Å². The van der Waals surface area contributed by atoms with E-state index in [2.05, 4.69) is 117 Å². The number of hydrogen-bond donors (Lipinski definition) is 0. The molecule has 4 aromatic carbocycles. The van der Waals surface area contributed by atoms with E-state index in [0.29, 0.717) is 0 Å². The molecule has 0 N–H and O–H groups in total. The highest BCUT2D eigenvalue weighted by atomic mass is 79.9. The topological polar surface area (TPSA) is 25.8 Å². The molecular formula is C27H23BrClN2P. The molecule has 1 aromatic heterocycles. The fourth-order valence-corrected chi connectivity index (χ4v) is 6.13. The van der Waals surface area contributed by atoms with Gasteiger partial charge in [-0.1, -0.05) is 103 Å². The number of aryl methyl sites for hydroxylation is 1. The Kier molecular flexibility index (Phi) is 8.93. The zero-order chi connectivity index (χ0) is 21.5. The van der Waals surface area contributed by atoms with Gasteiger partial charge >= 0.3 is 0 Å². The van der Waals surface area contributed by atoms with Gasteiger partial charge < -0.3 is 0 Å². The fourth-order valence-electron chi connectivity index (χ4n) is 3.36. The molecule has 0 bridgehead atoms. The van der Waals surface area contributed by atoms with Crippen molar-refractivity contribution in [2.75, 3.05) is 0 Å². The minimum absolute atomic E-state index is 0. The van der Waals surface area contributed by atoms with Gasteiger partial charge in [-0.15, -0.1) is 12.4 Å². The molecule has 5 heteroatoms. The quantitative estimate of drug-likeness (QED) is 0.251. The molecule has 0 spiro atoms. The highest BCUT2D eigenvalue weighted by Gasteiger charge is 2.15. The van der Waals surface area contributed by atoms with Crippen LogP contribution in [0.25, 0.3) is 10.9 Å². The third-order valence-corrected chi connectivity index (χ3v) is 7.94. The van der Waals surface area contributed by atoms with Crippen molar-refractivity contribution in [3.8, 4) is 0 Å². The molecule has 0 unspecified atom stereocenters. The van der Waals surface area contributed by atoms with Gasteiger partial charge in [-0.25, -0.2) is 9.97 Å². The molecule has 0 saturated carbocycles. The largest absolute Gasteiger partial charge is 0.241 e. The van der Waals surface area contributed by atoms with E-state index < -0.39 is 7.92 Å². The first-order valence-electron chi connectivity index (χ1n) is 10.0. The Morgan fingerprint density at radius 2 is 1.06 bits per heavy atom. The van der Waals surface area contributed by atoms with Crippen LogP contribution in [0.15, 0.2) is 120 Å². The lowest BCUT2D eigenvalue weighted by Gasteiger charge is -2.18. The molecule has 0 atom stereocenters. The van der Waals surface area contributed by atoms with Crippen LogP contribution in [0.4, 0.5) is 0 Å². The predicted molar refractivity (Wildman–Crippen MR) is 144 cm³/mol. The van der Waals surface area contributed by atoms with Crippen LogP contribution >= 0.6 is 36.3 Å². The summed E-state index contributed by atoms with van der Waals surface area (Å²) in [5.74, 6) is 0. The van der Waals surface area contributed by atoms with Crippen molar-refractivity contribution in [1.82, 2.24) is 9.97 Å². The van der Waals surface area contributed by atoms with Crippen molar-refractivity contribution in [3.05, 3.63) is 126 Å². The zero-order valence-corrected chi connectivity index (χ0v) is 20.9. The molecular weight excluding hydrogens is 499 g/mol. The summed E-state index contributed by atoms with van der Waals surface area (Å²) in [6, 6.07) is 38.3. The van der Waals surface area contributed by atoms with E-state index in [1.807, 2.05) is 25.1 Å². The van der Waals surface area contributed by atoms with Crippen LogP contribution < -0.4 is 15.9 Å². The molecule has 5 rings (SSSR count). The third kappa shape index (κ3) is 5.81. The predicted octanol–water partition coefficient (Wildman–Crippen LogP) is 6.57. The fraction of sp³-hybridized carbons (Fsp3) is 0.0370. The number of benzene rings is 4. The van der Waals surface area contributed by atoms with Gasteiger partial charge in [0.25, 0.3) is 0 Å². The molecule has 32 heavy (non-hydrogen) atoms. The number of aromatic nitrogens is 2. The van der Waals surface area contributed by atoms with Crippen molar-refractivity contribution in [2.24, 2.45) is 0 Å². The number of fused-ring (bicyclic) bond motifs is 1. The Hall–Kier alpha value is -2.58. The zero-order valence-electron chi connectivity index (χ0n) is 17.6. The SMILES string of the molecule is Cc1ncnc2c(Br)cccc12.Cl.c1ccc(P(c2ccccc2)c2ccccc2)cc1. The molecule has 0 radical (unpaired) electrons. The summed E-state index contributed by atoms with van der Waals surface area (Å²) < 4.78 is 1.02. The Bertz CT molecular complexity index is 1120. The monoisotopic (exact) mass is 520 g/mol. The maximum Gasteiger partial charge on any atom is 0.116 e. The minimum Gasteiger partial charge on any atom is -0.241 e. The van der Waals surface area contributed by atoms with E-state index in [1.54, 1.807) is 6.33 Å². The molecule has 160 valence electrons. The third-order valence-electron chi connectivity index (χ3n) is 4.86. The highest BCUT2D eigenvalue weighted by molar-refractivity contribution is 9.10. The minimum atomic E-state index is -0.446. The molecule has 1 heterocycles. The first-order valence-corrected chi connectivity index (χ1v) is 12.2. The summed E-state index contributed by atoms with van der Waals surface area (Å²) in [5.41, 5.74) is 1.99. The lowest BCUT2D eigenvalue weighted by atomic mass is 10.2. The molecule has 0 aliphatic carbocycles. The van der Waals surface area contributed by atoms with E-state index >= 15 is 0 Å². The van der Waals surface area contributed by atoms with Gasteiger partial charge in [0, 0.05) is 15.6 Å². The number of hydrogen-bond acceptors (Lipinski definition) is 2. The lowest BCUT2D eigenvalue weighted by Crippen LogP contribution is -2.20. The standard InChI is InChI=1S/C18H15P.C9H7BrN2.ClH/c1-4-10-16(11-5-1)19(17-12-6-2-7-13-17)18-14-8-3-9-15-18;1-6-7-3-2-4-8(10)9(7)12-5-11-6;/h1-15H;2-5H,1H3;1H. The Morgan fingerprint density at radius 1 is 0.594 bits per heavy atom. The van der Waals surface area contributed by atoms with Crippen LogP contribution in [0.1, 0.15) is 5.69 Å². The van der Waals surface area contributed by atoms with Crippen molar-refractivity contribution < 1.29 is 0 Å². The smallest absolute Gasteiger partial charge is 0.116 e. The maximum atomic E-state index is 4.18. The van der Waals surface area contributed by atoms with Gasteiger partial charge in [0.05, 0.1) is 5.52 Å². The van der Waals surface area contributed by atoms with Gasteiger partial charge in [-0.2, -0.15) is 0 Å². The molecule has 0 aliphatic heterocycles. The number of rotatable bonds is 3. The van der Waals surface area contributed by atoms with E-state index in [9.17, 15) is 0 Å². The molecule has 5 aromatic rings. The molecule has 0 amide bonds. The van der Waals surface area contributed by atoms with Crippen molar-refractivity contribution in [3.63, 3.8) is 0 Å². The van der Waals surface area contributed by atoms with Crippen LogP contribution in [0.2, 0.25) is 0 Å². The van der Waals surface area contributed by atoms with Gasteiger partial charge in [0.2, 0.25) is 0 Å². The average Bonchev–Trinajstić information content (AvgIpc) is 2.83. The first kappa shape index (κ1) is 24.1. The van der Waals surface area contributed by atoms with Gasteiger partial charge in [0.1, 0.15) is 6.33 Å². The number of halogens is 2. The summed E-state index contributed by atoms with van der Waals surface area (Å²) in [7, 11) is -0.446. The summed E-state index contributed by atoms with van der Waals surface area (Å²) in [5, 5.41) is 5.30. The van der Waals surface area contributed by atoms with E-state index in [-0.39, 0.29) is 12.4 Å². The van der Waals surface area contributed by atoms with Crippen LogP contribution in [0.3, 0.4) is 0 Å². The second-order valence-electron chi connectivity index (χ2n) is 6.94. The van der Waals surface area contributed by atoms with Crippen LogP contribution in [-0.2, 0) is 0 Å². The van der Waals surface area contributed by atoms with Crippen LogP contribution in [0, 0.1) is 6.92 Å². The Balaban J connectivity index is 0.000000193. The summed E-state index contributed by atoms with van der Waals surface area (Å²) >= 11 is 3.44. The molecule has 0 saturated heterocycles. The molecule has 0 fully saturated rings. The van der Waals surface area contributed by atoms with Crippen molar-refractivity contribution in [2.45, 2.75) is 6.92 Å². The Morgan fingerprint density at radius 3 is 1.50 bits per heavy atom. The second-order valence-corrected chi connectivity index (χ2v) is 10.0. The highest BCUT2D eigenvalue weighted by Crippen LogP contribution is 2.32. The van der Waals surface area contributed by atoms with Crippen LogP contribution in [0.5, 0.6) is 0 Å². The second kappa shape index (κ2) is 11.9. The number of nitrogens with zero attached hydrogens (tertiary/aromatic N) is 2. The first-order chi connectivity index (χ1) is 15.2. The summed E-state index contributed by atoms with van der Waals surface area (Å²) in [4.78, 5) is 8.30. The summed E-state index contributed by atoms with van der Waals surface area (Å²) in [6.45, 7) is 1.98. The summed E-state index contributed by atoms with van der Waals surface area (Å²) in [6.07, 6.45) is 1.59. The van der Waals surface area contributed by atoms with Gasteiger partial charge in [-0.3, -0.25) is 0 Å². The van der Waals surface area contributed by atoms with Crippen molar-refractivity contribution >= 4 is 63.1 Å². The lowest BCUT2D eigenvalue weighted by molar-refractivity contribution is 1.15. The maximum absolute atomic E-state index is 4.18. The van der Waals surface area contributed by atoms with E-state index in [4.69, 9.17) is 0 Å². The number of para-hydroxylation sites is 1. The Labute approximate surface area is 205 Å². The van der Waals surface area contributed by atoms with Gasteiger partial charge in [-0.05, 0) is 52.8 Å².